The molecule has 0 aliphatic heterocycles. The molecule has 6 heteroatoms. The number of alkyl halides is 3. The Balaban J connectivity index is 2.39. The Kier molecular flexibility index (Phi) is 4.43. The highest BCUT2D eigenvalue weighted by Gasteiger charge is 2.30. The molecule has 0 fully saturated rings. The summed E-state index contributed by atoms with van der Waals surface area (Å²) in [7, 11) is 0. The number of benzene rings is 1. The molecule has 106 valence electrons. The first-order chi connectivity index (χ1) is 9.91. The minimum atomic E-state index is -4.44. The maximum Gasteiger partial charge on any atom is 0.417 e. The van der Waals surface area contributed by atoms with Gasteiger partial charge in [0.05, 0.1) is 16.8 Å². The van der Waals surface area contributed by atoms with Gasteiger partial charge >= 0.3 is 6.18 Å². The van der Waals surface area contributed by atoms with E-state index in [4.69, 9.17) is 5.26 Å². The zero-order valence-corrected chi connectivity index (χ0v) is 12.1. The van der Waals surface area contributed by atoms with Crippen LogP contribution in [0.5, 0.6) is 0 Å². The molecule has 2 aromatic rings. The van der Waals surface area contributed by atoms with E-state index in [1.165, 1.54) is 6.07 Å². The average Bonchev–Trinajstić information content (AvgIpc) is 2.46. The van der Waals surface area contributed by atoms with Gasteiger partial charge < -0.3 is 0 Å². The fraction of sp³-hybridized carbons (Fsp3) is 0.0667. The van der Waals surface area contributed by atoms with Gasteiger partial charge in [-0.15, -0.1) is 0 Å². The second kappa shape index (κ2) is 6.10. The fourth-order valence-corrected chi connectivity index (χ4v) is 2.03. The highest BCUT2D eigenvalue weighted by Crippen LogP contribution is 2.29. The van der Waals surface area contributed by atoms with Gasteiger partial charge in [-0.1, -0.05) is 34.1 Å². The molecule has 0 unspecified atom stereocenters. The van der Waals surface area contributed by atoms with E-state index in [1.807, 2.05) is 12.1 Å². The summed E-state index contributed by atoms with van der Waals surface area (Å²) < 4.78 is 38.2. The molecule has 0 aliphatic carbocycles. The van der Waals surface area contributed by atoms with Crippen LogP contribution in [0.1, 0.15) is 16.8 Å². The largest absolute Gasteiger partial charge is 0.417 e. The molecule has 0 N–H and O–H groups in total. The van der Waals surface area contributed by atoms with Gasteiger partial charge in [-0.05, 0) is 29.8 Å². The van der Waals surface area contributed by atoms with E-state index >= 15 is 0 Å². The van der Waals surface area contributed by atoms with Crippen molar-refractivity contribution in [3.63, 3.8) is 0 Å². The van der Waals surface area contributed by atoms with Gasteiger partial charge in [0, 0.05) is 10.7 Å². The summed E-state index contributed by atoms with van der Waals surface area (Å²) in [5.74, 6) is 0. The summed E-state index contributed by atoms with van der Waals surface area (Å²) in [6.07, 6.45) is -2.15. The first kappa shape index (κ1) is 15.3. The number of allylic oxidation sites excluding steroid dienone is 1. The van der Waals surface area contributed by atoms with Gasteiger partial charge in [0.25, 0.3) is 0 Å². The Morgan fingerprint density at radius 2 is 1.90 bits per heavy atom. The third kappa shape index (κ3) is 3.70. The quantitative estimate of drug-likeness (QED) is 0.718. The Bertz CT molecular complexity index is 713. The molecular formula is C15H8BrF3N2. The van der Waals surface area contributed by atoms with E-state index in [-0.39, 0.29) is 11.3 Å². The van der Waals surface area contributed by atoms with Gasteiger partial charge in [-0.25, -0.2) is 0 Å². The van der Waals surface area contributed by atoms with Gasteiger partial charge in [0.15, 0.2) is 0 Å². The van der Waals surface area contributed by atoms with Crippen LogP contribution in [0.25, 0.3) is 11.6 Å². The van der Waals surface area contributed by atoms with Crippen LogP contribution in [0.15, 0.2) is 47.1 Å². The number of halogens is 4. The number of nitrogens with zero attached hydrogens (tertiary/aromatic N) is 2. The standard InChI is InChI=1S/C15H8BrF3N2/c16-13-4-2-1-3-10(13)7-11(8-20)14-6-5-12(9-21-14)15(17,18)19/h1-7,9H/b11-7+. The lowest BCUT2D eigenvalue weighted by molar-refractivity contribution is -0.137. The van der Waals surface area contributed by atoms with Crippen LogP contribution in [0.2, 0.25) is 0 Å². The zero-order chi connectivity index (χ0) is 15.5. The number of hydrogen-bond donors (Lipinski definition) is 0. The summed E-state index contributed by atoms with van der Waals surface area (Å²) in [6, 6.07) is 11.3. The molecule has 2 rings (SSSR count). The van der Waals surface area contributed by atoms with Gasteiger partial charge in [-0.2, -0.15) is 18.4 Å². The van der Waals surface area contributed by atoms with E-state index < -0.39 is 11.7 Å². The maximum atomic E-state index is 12.5. The van der Waals surface area contributed by atoms with Crippen LogP contribution in [0.3, 0.4) is 0 Å². The summed E-state index contributed by atoms with van der Waals surface area (Å²) in [6.45, 7) is 0. The third-order valence-corrected chi connectivity index (χ3v) is 3.41. The molecule has 0 saturated carbocycles. The first-order valence-corrected chi connectivity index (χ1v) is 6.61. The molecule has 1 aromatic heterocycles. The van der Waals surface area contributed by atoms with Crippen LogP contribution >= 0.6 is 15.9 Å². The fourth-order valence-electron chi connectivity index (χ4n) is 1.63. The van der Waals surface area contributed by atoms with E-state index in [9.17, 15) is 13.2 Å². The summed E-state index contributed by atoms with van der Waals surface area (Å²) in [5.41, 5.74) is 0.289. The first-order valence-electron chi connectivity index (χ1n) is 5.82. The van der Waals surface area contributed by atoms with E-state index in [0.717, 1.165) is 22.3 Å². The normalized spacial score (nSPS) is 12.0. The van der Waals surface area contributed by atoms with Crippen molar-refractivity contribution in [3.05, 3.63) is 63.9 Å². The molecule has 2 nitrogen and oxygen atoms in total. The molecule has 0 amide bonds. The minimum Gasteiger partial charge on any atom is -0.255 e. The molecule has 1 heterocycles. The van der Waals surface area contributed by atoms with Crippen molar-refractivity contribution >= 4 is 27.6 Å². The van der Waals surface area contributed by atoms with Crippen molar-refractivity contribution in [2.24, 2.45) is 0 Å². The topological polar surface area (TPSA) is 36.7 Å². The number of rotatable bonds is 2. The second-order valence-electron chi connectivity index (χ2n) is 4.12. The molecule has 0 bridgehead atoms. The summed E-state index contributed by atoms with van der Waals surface area (Å²) in [4.78, 5) is 3.72. The predicted molar refractivity (Wildman–Crippen MR) is 76.9 cm³/mol. The molecule has 0 saturated heterocycles. The zero-order valence-electron chi connectivity index (χ0n) is 10.5. The number of pyridine rings is 1. The van der Waals surface area contributed by atoms with Crippen molar-refractivity contribution in [1.29, 1.82) is 5.26 Å². The summed E-state index contributed by atoms with van der Waals surface area (Å²) >= 11 is 3.34. The maximum absolute atomic E-state index is 12.5. The Labute approximate surface area is 127 Å². The Morgan fingerprint density at radius 3 is 2.43 bits per heavy atom. The van der Waals surface area contributed by atoms with Gasteiger partial charge in [0.1, 0.15) is 6.07 Å². The van der Waals surface area contributed by atoms with Crippen LogP contribution < -0.4 is 0 Å². The lowest BCUT2D eigenvalue weighted by Crippen LogP contribution is -2.05. The average molecular weight is 353 g/mol. The lowest BCUT2D eigenvalue weighted by Gasteiger charge is -2.06. The number of aromatic nitrogens is 1. The summed E-state index contributed by atoms with van der Waals surface area (Å²) in [5, 5.41) is 9.17. The predicted octanol–water partition coefficient (Wildman–Crippen LogP) is 4.93. The second-order valence-corrected chi connectivity index (χ2v) is 4.98. The molecule has 1 aromatic carbocycles. The van der Waals surface area contributed by atoms with Crippen LogP contribution in [-0.4, -0.2) is 4.98 Å². The molecule has 0 aliphatic rings. The number of nitriles is 1. The smallest absolute Gasteiger partial charge is 0.255 e. The molecular weight excluding hydrogens is 345 g/mol. The SMILES string of the molecule is N#C/C(=C\c1ccccc1Br)c1ccc(C(F)(F)F)cn1. The molecule has 0 radical (unpaired) electrons. The van der Waals surface area contributed by atoms with Gasteiger partial charge in [-0.3, -0.25) is 4.98 Å². The molecule has 0 atom stereocenters. The number of hydrogen-bond acceptors (Lipinski definition) is 2. The highest BCUT2D eigenvalue weighted by atomic mass is 79.9. The van der Waals surface area contributed by atoms with Crippen molar-refractivity contribution in [3.8, 4) is 6.07 Å². The van der Waals surface area contributed by atoms with Crippen molar-refractivity contribution < 1.29 is 13.2 Å². The highest BCUT2D eigenvalue weighted by molar-refractivity contribution is 9.10. The minimum absolute atomic E-state index is 0.190. The Morgan fingerprint density at radius 1 is 1.19 bits per heavy atom. The van der Waals surface area contributed by atoms with E-state index in [2.05, 4.69) is 20.9 Å². The van der Waals surface area contributed by atoms with Crippen LogP contribution in [0, 0.1) is 11.3 Å². The van der Waals surface area contributed by atoms with Crippen molar-refractivity contribution in [2.75, 3.05) is 0 Å². The Hall–Kier alpha value is -2.13. The van der Waals surface area contributed by atoms with Crippen LogP contribution in [0.4, 0.5) is 13.2 Å². The van der Waals surface area contributed by atoms with Crippen molar-refractivity contribution in [1.82, 2.24) is 4.98 Å². The monoisotopic (exact) mass is 352 g/mol. The molecule has 0 spiro atoms. The van der Waals surface area contributed by atoms with Crippen molar-refractivity contribution in [2.45, 2.75) is 6.18 Å². The van der Waals surface area contributed by atoms with Gasteiger partial charge in [0.2, 0.25) is 0 Å². The lowest BCUT2D eigenvalue weighted by atomic mass is 10.1. The van der Waals surface area contributed by atoms with E-state index in [0.29, 0.717) is 0 Å². The van der Waals surface area contributed by atoms with Crippen LogP contribution in [-0.2, 0) is 6.18 Å². The third-order valence-electron chi connectivity index (χ3n) is 2.69. The molecule has 21 heavy (non-hydrogen) atoms. The van der Waals surface area contributed by atoms with E-state index in [1.54, 1.807) is 24.3 Å².